The third-order valence-electron chi connectivity index (χ3n) is 6.05. The van der Waals surface area contributed by atoms with Crippen LogP contribution in [0, 0.1) is 0 Å². The Balaban J connectivity index is 1.39. The van der Waals surface area contributed by atoms with Crippen molar-refractivity contribution in [2.24, 2.45) is 0 Å². The van der Waals surface area contributed by atoms with Gasteiger partial charge < -0.3 is 15.5 Å². The molecule has 1 aromatic rings. The number of hydrogen-bond donors (Lipinski definition) is 3. The number of para-hydroxylation sites is 1. The standard InChI is InChI=1S/C19H24F3N3O/c20-19(21,22)16-6-1-2-7-17(16)24-18(26)23-12-10-14-4-3-5-15(11-12)25(14)13-8-9-13/h1-2,6-7,12-15H,3-5,8-11H2,(H2,23,24,26)/p+1/t14-,15-/m1/s1. The van der Waals surface area contributed by atoms with E-state index in [0.717, 1.165) is 24.9 Å². The van der Waals surface area contributed by atoms with Gasteiger partial charge in [0.1, 0.15) is 0 Å². The van der Waals surface area contributed by atoms with Crippen molar-refractivity contribution in [3.8, 4) is 0 Å². The summed E-state index contributed by atoms with van der Waals surface area (Å²) in [5, 5.41) is 5.32. The highest BCUT2D eigenvalue weighted by Crippen LogP contribution is 2.34. The zero-order valence-corrected chi connectivity index (χ0v) is 14.6. The van der Waals surface area contributed by atoms with Gasteiger partial charge in [0.05, 0.1) is 29.4 Å². The first-order valence-electron chi connectivity index (χ1n) is 9.52. The van der Waals surface area contributed by atoms with Crippen molar-refractivity contribution >= 4 is 11.7 Å². The summed E-state index contributed by atoms with van der Waals surface area (Å²) in [6.45, 7) is 0. The summed E-state index contributed by atoms with van der Waals surface area (Å²) in [7, 11) is 0. The lowest BCUT2D eigenvalue weighted by molar-refractivity contribution is -0.971. The highest BCUT2D eigenvalue weighted by atomic mass is 19.4. The van der Waals surface area contributed by atoms with Crippen LogP contribution in [0.25, 0.3) is 0 Å². The van der Waals surface area contributed by atoms with Crippen LogP contribution in [0.15, 0.2) is 24.3 Å². The van der Waals surface area contributed by atoms with Gasteiger partial charge in [-0.1, -0.05) is 12.1 Å². The lowest BCUT2D eigenvalue weighted by Crippen LogP contribution is -3.22. The molecule has 1 saturated carbocycles. The van der Waals surface area contributed by atoms with E-state index in [1.54, 1.807) is 4.90 Å². The van der Waals surface area contributed by atoms with E-state index in [9.17, 15) is 18.0 Å². The van der Waals surface area contributed by atoms with Gasteiger partial charge in [0, 0.05) is 31.7 Å². The SMILES string of the molecule is O=C(Nc1ccccc1C(F)(F)F)NC1C[C@H]2CCC[C@H](C1)[NH+]2C1CC1. The number of piperidine rings is 2. The molecule has 2 atom stereocenters. The number of halogens is 3. The van der Waals surface area contributed by atoms with Crippen LogP contribution >= 0.6 is 0 Å². The Kier molecular flexibility index (Phi) is 4.59. The number of anilines is 1. The van der Waals surface area contributed by atoms with Crippen molar-refractivity contribution in [2.75, 3.05) is 5.32 Å². The first-order valence-corrected chi connectivity index (χ1v) is 9.52. The Hall–Kier alpha value is -1.76. The van der Waals surface area contributed by atoms with Gasteiger partial charge in [-0.05, 0) is 31.4 Å². The number of rotatable bonds is 3. The molecule has 0 spiro atoms. The minimum absolute atomic E-state index is 0.0471. The molecule has 3 fully saturated rings. The van der Waals surface area contributed by atoms with Crippen molar-refractivity contribution in [1.29, 1.82) is 0 Å². The molecular formula is C19H25F3N3O+. The molecule has 3 N–H and O–H groups in total. The van der Waals surface area contributed by atoms with E-state index >= 15 is 0 Å². The molecule has 2 saturated heterocycles. The Morgan fingerprint density at radius 3 is 2.27 bits per heavy atom. The monoisotopic (exact) mass is 368 g/mol. The fourth-order valence-corrected chi connectivity index (χ4v) is 4.95. The summed E-state index contributed by atoms with van der Waals surface area (Å²) in [6, 6.07) is 6.57. The molecule has 0 radical (unpaired) electrons. The Bertz CT molecular complexity index is 660. The number of amides is 2. The van der Waals surface area contributed by atoms with Gasteiger partial charge in [0.25, 0.3) is 0 Å². The van der Waals surface area contributed by atoms with Gasteiger partial charge >= 0.3 is 12.2 Å². The summed E-state index contributed by atoms with van der Waals surface area (Å²) in [4.78, 5) is 14.0. The van der Waals surface area contributed by atoms with Gasteiger partial charge in [0.2, 0.25) is 0 Å². The predicted octanol–water partition coefficient (Wildman–Crippen LogP) is 2.96. The van der Waals surface area contributed by atoms with Crippen LogP contribution in [0.3, 0.4) is 0 Å². The highest BCUT2D eigenvalue weighted by molar-refractivity contribution is 5.90. The average molecular weight is 368 g/mol. The zero-order valence-electron chi connectivity index (χ0n) is 14.6. The summed E-state index contributed by atoms with van der Waals surface area (Å²) in [6.07, 6.45) is 3.64. The predicted molar refractivity (Wildman–Crippen MR) is 92.0 cm³/mol. The number of urea groups is 1. The number of fused-ring (bicyclic) bond motifs is 2. The van der Waals surface area contributed by atoms with Crippen LogP contribution in [-0.4, -0.2) is 30.2 Å². The van der Waals surface area contributed by atoms with Crippen molar-refractivity contribution < 1.29 is 22.9 Å². The van der Waals surface area contributed by atoms with E-state index in [1.807, 2.05) is 0 Å². The molecule has 2 amide bonds. The normalized spacial score (nSPS) is 31.3. The van der Waals surface area contributed by atoms with E-state index in [0.29, 0.717) is 12.1 Å². The number of hydrogen-bond acceptors (Lipinski definition) is 1. The van der Waals surface area contributed by atoms with Crippen LogP contribution in [-0.2, 0) is 6.18 Å². The molecule has 4 nitrogen and oxygen atoms in total. The summed E-state index contributed by atoms with van der Waals surface area (Å²) in [5.41, 5.74) is -1.02. The summed E-state index contributed by atoms with van der Waals surface area (Å²) in [5.74, 6) is 0. The molecule has 2 heterocycles. The largest absolute Gasteiger partial charge is 0.418 e. The fourth-order valence-electron chi connectivity index (χ4n) is 4.95. The van der Waals surface area contributed by atoms with Crippen LogP contribution < -0.4 is 15.5 Å². The molecule has 2 aliphatic heterocycles. The van der Waals surface area contributed by atoms with Crippen molar-refractivity contribution in [2.45, 2.75) is 75.3 Å². The van der Waals surface area contributed by atoms with Crippen molar-refractivity contribution in [3.05, 3.63) is 29.8 Å². The Morgan fingerprint density at radius 2 is 1.65 bits per heavy atom. The highest BCUT2D eigenvalue weighted by Gasteiger charge is 2.49. The molecule has 2 bridgehead atoms. The quantitative estimate of drug-likeness (QED) is 0.755. The average Bonchev–Trinajstić information content (AvgIpc) is 3.38. The minimum atomic E-state index is -4.49. The summed E-state index contributed by atoms with van der Waals surface area (Å²) < 4.78 is 39.2. The maximum absolute atomic E-state index is 13.1. The van der Waals surface area contributed by atoms with Crippen molar-refractivity contribution in [3.63, 3.8) is 0 Å². The number of benzene rings is 1. The number of alkyl halides is 3. The molecule has 142 valence electrons. The molecule has 0 unspecified atom stereocenters. The maximum atomic E-state index is 13.1. The molecule has 3 aliphatic rings. The van der Waals surface area contributed by atoms with Gasteiger partial charge in [-0.25, -0.2) is 4.79 Å². The van der Waals surface area contributed by atoms with E-state index in [4.69, 9.17) is 0 Å². The van der Waals surface area contributed by atoms with Gasteiger partial charge in [-0.3, -0.25) is 0 Å². The van der Waals surface area contributed by atoms with E-state index < -0.39 is 17.8 Å². The molecule has 1 aromatic carbocycles. The van der Waals surface area contributed by atoms with E-state index in [1.165, 1.54) is 50.3 Å². The zero-order chi connectivity index (χ0) is 18.3. The van der Waals surface area contributed by atoms with Crippen LogP contribution in [0.1, 0.15) is 50.5 Å². The molecule has 4 rings (SSSR count). The second-order valence-electron chi connectivity index (χ2n) is 7.91. The first-order chi connectivity index (χ1) is 12.4. The number of nitrogens with one attached hydrogen (secondary N) is 3. The Morgan fingerprint density at radius 1 is 1.00 bits per heavy atom. The van der Waals surface area contributed by atoms with Crippen molar-refractivity contribution in [1.82, 2.24) is 5.32 Å². The van der Waals surface area contributed by atoms with Gasteiger partial charge in [-0.15, -0.1) is 0 Å². The fraction of sp³-hybridized carbons (Fsp3) is 0.632. The molecular weight excluding hydrogens is 343 g/mol. The third kappa shape index (κ3) is 3.68. The molecule has 1 aliphatic carbocycles. The minimum Gasteiger partial charge on any atom is -0.335 e. The lowest BCUT2D eigenvalue weighted by Gasteiger charge is -2.46. The van der Waals surface area contributed by atoms with Crippen LogP contribution in [0.2, 0.25) is 0 Å². The molecule has 26 heavy (non-hydrogen) atoms. The van der Waals surface area contributed by atoms with Crippen LogP contribution in [0.4, 0.5) is 23.7 Å². The lowest BCUT2D eigenvalue weighted by atomic mass is 9.81. The Labute approximate surface area is 151 Å². The number of quaternary nitrogens is 1. The smallest absolute Gasteiger partial charge is 0.335 e. The summed E-state index contributed by atoms with van der Waals surface area (Å²) >= 11 is 0. The number of carbonyl (C=O) groups is 1. The maximum Gasteiger partial charge on any atom is 0.418 e. The third-order valence-corrected chi connectivity index (χ3v) is 6.05. The number of carbonyl (C=O) groups excluding carboxylic acids is 1. The molecule has 0 aromatic heterocycles. The van der Waals surface area contributed by atoms with E-state index in [2.05, 4.69) is 10.6 Å². The topological polar surface area (TPSA) is 45.6 Å². The van der Waals surface area contributed by atoms with Gasteiger partial charge in [0.15, 0.2) is 0 Å². The second-order valence-corrected chi connectivity index (χ2v) is 7.91. The second kappa shape index (κ2) is 6.76. The van der Waals surface area contributed by atoms with Crippen LogP contribution in [0.5, 0.6) is 0 Å². The first kappa shape index (κ1) is 17.6. The van der Waals surface area contributed by atoms with Gasteiger partial charge in [-0.2, -0.15) is 13.2 Å². The molecule has 7 heteroatoms. The van der Waals surface area contributed by atoms with E-state index in [-0.39, 0.29) is 11.7 Å².